The molecule has 1 fully saturated rings. The Kier molecular flexibility index (Phi) is 7.37. The monoisotopic (exact) mass is 431 g/mol. The lowest BCUT2D eigenvalue weighted by Gasteiger charge is -2.12. The molecule has 2 heterocycles. The molecule has 30 heavy (non-hydrogen) atoms. The van der Waals surface area contributed by atoms with Crippen LogP contribution in [0.1, 0.15) is 24.8 Å². The van der Waals surface area contributed by atoms with Gasteiger partial charge in [-0.05, 0) is 31.0 Å². The van der Waals surface area contributed by atoms with Gasteiger partial charge >= 0.3 is 0 Å². The molecule has 0 atom stereocenters. The van der Waals surface area contributed by atoms with Gasteiger partial charge in [0, 0.05) is 36.5 Å². The highest BCUT2D eigenvalue weighted by Gasteiger charge is 2.12. The van der Waals surface area contributed by atoms with Gasteiger partial charge in [0.15, 0.2) is 5.82 Å². The number of piperidine rings is 1. The van der Waals surface area contributed by atoms with E-state index in [-0.39, 0.29) is 16.6 Å². The molecule has 1 aliphatic rings. The number of methoxy groups -OCH3 is 1. The maximum absolute atomic E-state index is 14.1. The normalized spacial score (nSPS) is 13.3. The number of carbonyl (C=O) groups is 1. The summed E-state index contributed by atoms with van der Waals surface area (Å²) in [6.07, 6.45) is 4.37. The number of ether oxygens (including phenoxy) is 1. The quantitative estimate of drug-likeness (QED) is 0.578. The van der Waals surface area contributed by atoms with Crippen LogP contribution in [0.25, 0.3) is 10.9 Å². The fourth-order valence-electron chi connectivity index (χ4n) is 3.03. The Morgan fingerprint density at radius 2 is 2.13 bits per heavy atom. The molecule has 1 aromatic heterocycles. The topological polar surface area (TPSA) is 102 Å². The maximum Gasteiger partial charge on any atom is 0.219 e. The van der Waals surface area contributed by atoms with E-state index in [0.717, 1.165) is 31.4 Å². The van der Waals surface area contributed by atoms with Gasteiger partial charge in [0.25, 0.3) is 0 Å². The van der Waals surface area contributed by atoms with Gasteiger partial charge in [-0.25, -0.2) is 14.4 Å². The molecule has 0 radical (unpaired) electrons. The van der Waals surface area contributed by atoms with Crippen molar-refractivity contribution in [1.29, 1.82) is 0 Å². The van der Waals surface area contributed by atoms with Crippen molar-refractivity contribution in [3.8, 4) is 5.75 Å². The summed E-state index contributed by atoms with van der Waals surface area (Å²) < 4.78 is 19.4. The maximum atomic E-state index is 14.1. The van der Waals surface area contributed by atoms with Gasteiger partial charge < -0.3 is 21.1 Å². The number of rotatable bonds is 4. The largest absolute Gasteiger partial charge is 0.496 e. The van der Waals surface area contributed by atoms with Crippen LogP contribution in [0.5, 0.6) is 5.75 Å². The minimum absolute atomic E-state index is 0.0395. The minimum atomic E-state index is -0.534. The van der Waals surface area contributed by atoms with Gasteiger partial charge in [-0.2, -0.15) is 0 Å². The van der Waals surface area contributed by atoms with Crippen molar-refractivity contribution in [3.63, 3.8) is 0 Å². The fraction of sp³-hybridized carbons (Fsp3) is 0.286. The predicted molar refractivity (Wildman–Crippen MR) is 116 cm³/mol. The summed E-state index contributed by atoms with van der Waals surface area (Å²) in [5, 5.41) is 6.45. The van der Waals surface area contributed by atoms with Crippen molar-refractivity contribution in [3.05, 3.63) is 53.1 Å². The van der Waals surface area contributed by atoms with E-state index < -0.39 is 5.82 Å². The van der Waals surface area contributed by atoms with Crippen LogP contribution >= 0.6 is 11.6 Å². The van der Waals surface area contributed by atoms with Gasteiger partial charge in [-0.3, -0.25) is 4.79 Å². The summed E-state index contributed by atoms with van der Waals surface area (Å²) in [5.41, 5.74) is 7.46. The van der Waals surface area contributed by atoms with Crippen LogP contribution in [0.4, 0.5) is 15.9 Å². The Hall–Kier alpha value is -2.97. The number of benzene rings is 2. The molecule has 2 aromatic carbocycles. The van der Waals surface area contributed by atoms with Gasteiger partial charge in [0.05, 0.1) is 23.3 Å². The zero-order valence-corrected chi connectivity index (χ0v) is 17.3. The Labute approximate surface area is 178 Å². The summed E-state index contributed by atoms with van der Waals surface area (Å²) in [7, 11) is 1.57. The molecule has 0 saturated carbocycles. The number of halogens is 2. The zero-order valence-electron chi connectivity index (χ0n) is 16.5. The Morgan fingerprint density at radius 1 is 1.30 bits per heavy atom. The summed E-state index contributed by atoms with van der Waals surface area (Å²) in [4.78, 5) is 18.8. The van der Waals surface area contributed by atoms with Crippen molar-refractivity contribution in [1.82, 2.24) is 15.3 Å². The van der Waals surface area contributed by atoms with E-state index in [1.807, 2.05) is 6.07 Å². The first-order valence-corrected chi connectivity index (χ1v) is 9.90. The van der Waals surface area contributed by atoms with E-state index in [9.17, 15) is 9.18 Å². The molecule has 158 valence electrons. The lowest BCUT2D eigenvalue weighted by Crippen LogP contribution is -2.28. The number of fused-ring (bicyclic) bond motifs is 1. The molecule has 4 rings (SSSR count). The standard InChI is InChI=1S/C16H14ClFN4O.C5H9NO/c1-23-14-6-13-10(5-9(14)7-19)16(21-8-20-13)22-12-4-2-3-11(17)15(12)18;7-5-3-1-2-4-6-5/h2-6,8H,7,19H2,1H3,(H,20,21,22);1-4H2,(H,6,7). The minimum Gasteiger partial charge on any atom is -0.496 e. The molecular weight excluding hydrogens is 409 g/mol. The first-order chi connectivity index (χ1) is 14.5. The Morgan fingerprint density at radius 3 is 2.77 bits per heavy atom. The molecule has 9 heteroatoms. The number of hydrogen-bond acceptors (Lipinski definition) is 6. The highest BCUT2D eigenvalue weighted by Crippen LogP contribution is 2.31. The van der Waals surface area contributed by atoms with E-state index in [2.05, 4.69) is 20.6 Å². The molecule has 0 unspecified atom stereocenters. The van der Waals surface area contributed by atoms with E-state index in [1.165, 1.54) is 12.4 Å². The third kappa shape index (κ3) is 5.14. The summed E-state index contributed by atoms with van der Waals surface area (Å²) in [6, 6.07) is 8.34. The SMILES string of the molecule is COc1cc2ncnc(Nc3cccc(Cl)c3F)c2cc1CN.O=C1CCCCN1. The van der Waals surface area contributed by atoms with Crippen LogP contribution < -0.4 is 21.1 Å². The van der Waals surface area contributed by atoms with Crippen LogP contribution in [0.3, 0.4) is 0 Å². The lowest BCUT2D eigenvalue weighted by molar-refractivity contribution is -0.122. The first kappa shape index (κ1) is 21.7. The first-order valence-electron chi connectivity index (χ1n) is 9.53. The van der Waals surface area contributed by atoms with Crippen molar-refractivity contribution in [2.75, 3.05) is 19.0 Å². The molecule has 7 nitrogen and oxygen atoms in total. The molecule has 3 aromatic rings. The third-order valence-electron chi connectivity index (χ3n) is 4.61. The second-order valence-corrected chi connectivity index (χ2v) is 7.05. The van der Waals surface area contributed by atoms with Crippen molar-refractivity contribution < 1.29 is 13.9 Å². The molecule has 1 amide bonds. The van der Waals surface area contributed by atoms with Crippen molar-refractivity contribution in [2.24, 2.45) is 5.73 Å². The zero-order chi connectivity index (χ0) is 21.5. The Balaban J connectivity index is 0.000000310. The predicted octanol–water partition coefficient (Wildman–Crippen LogP) is 3.92. The molecule has 4 N–H and O–H groups in total. The fourth-order valence-corrected chi connectivity index (χ4v) is 3.21. The number of anilines is 2. The highest BCUT2D eigenvalue weighted by molar-refractivity contribution is 6.31. The van der Waals surface area contributed by atoms with Crippen LogP contribution in [-0.2, 0) is 11.3 Å². The molecule has 1 saturated heterocycles. The van der Waals surface area contributed by atoms with E-state index in [1.54, 1.807) is 25.3 Å². The molecule has 0 bridgehead atoms. The molecule has 1 aliphatic heterocycles. The summed E-state index contributed by atoms with van der Waals surface area (Å²) in [5.74, 6) is 0.798. The van der Waals surface area contributed by atoms with E-state index in [0.29, 0.717) is 29.0 Å². The van der Waals surface area contributed by atoms with Gasteiger partial charge in [-0.1, -0.05) is 17.7 Å². The highest BCUT2D eigenvalue weighted by atomic mass is 35.5. The molecular formula is C21H23ClFN5O2. The smallest absolute Gasteiger partial charge is 0.219 e. The van der Waals surface area contributed by atoms with Crippen LogP contribution in [0.2, 0.25) is 5.02 Å². The van der Waals surface area contributed by atoms with E-state index >= 15 is 0 Å². The van der Waals surface area contributed by atoms with Crippen molar-refractivity contribution >= 4 is 39.9 Å². The average Bonchev–Trinajstić information content (AvgIpc) is 2.77. The Bertz CT molecular complexity index is 1040. The molecule has 0 spiro atoms. The van der Waals surface area contributed by atoms with Crippen molar-refractivity contribution in [2.45, 2.75) is 25.8 Å². The number of amides is 1. The second kappa shape index (κ2) is 10.2. The van der Waals surface area contributed by atoms with Gasteiger partial charge in [0.1, 0.15) is 17.9 Å². The van der Waals surface area contributed by atoms with Crippen LogP contribution in [0.15, 0.2) is 36.7 Å². The number of aromatic nitrogens is 2. The lowest BCUT2D eigenvalue weighted by atomic mass is 10.1. The number of nitrogens with zero attached hydrogens (tertiary/aromatic N) is 2. The number of hydrogen-bond donors (Lipinski definition) is 3. The van der Waals surface area contributed by atoms with Gasteiger partial charge in [0.2, 0.25) is 5.91 Å². The average molecular weight is 432 g/mol. The molecule has 0 aliphatic carbocycles. The third-order valence-corrected chi connectivity index (χ3v) is 4.91. The summed E-state index contributed by atoms with van der Waals surface area (Å²) in [6.45, 7) is 1.19. The summed E-state index contributed by atoms with van der Waals surface area (Å²) >= 11 is 5.80. The number of nitrogens with one attached hydrogen (secondary N) is 2. The van der Waals surface area contributed by atoms with Crippen LogP contribution in [-0.4, -0.2) is 29.5 Å². The van der Waals surface area contributed by atoms with Crippen LogP contribution in [0, 0.1) is 5.82 Å². The second-order valence-electron chi connectivity index (χ2n) is 6.64. The number of nitrogens with two attached hydrogens (primary N) is 1. The van der Waals surface area contributed by atoms with E-state index in [4.69, 9.17) is 22.1 Å². The number of carbonyl (C=O) groups excluding carboxylic acids is 1. The van der Waals surface area contributed by atoms with Gasteiger partial charge in [-0.15, -0.1) is 0 Å².